The molecule has 0 aromatic carbocycles. The second-order valence-electron chi connectivity index (χ2n) is 7.07. The second kappa shape index (κ2) is 8.21. The highest BCUT2D eigenvalue weighted by atomic mass is 32.2. The number of sulfonamides is 1. The molecular formula is C19H22N4O4S2. The Balaban J connectivity index is 1.41. The Morgan fingerprint density at radius 3 is 2.45 bits per heavy atom. The third-order valence-electron chi connectivity index (χ3n) is 5.33. The molecule has 2 aromatic rings. The summed E-state index contributed by atoms with van der Waals surface area (Å²) in [7, 11) is -3.66. The molecule has 0 N–H and O–H groups in total. The molecule has 8 nitrogen and oxygen atoms in total. The number of aromatic nitrogens is 1. The highest BCUT2D eigenvalue weighted by Crippen LogP contribution is 2.29. The number of amides is 2. The average molecular weight is 435 g/mol. The van der Waals surface area contributed by atoms with E-state index in [1.807, 2.05) is 0 Å². The molecule has 154 valence electrons. The van der Waals surface area contributed by atoms with Crippen LogP contribution in [0.1, 0.15) is 23.2 Å². The Morgan fingerprint density at radius 2 is 1.79 bits per heavy atom. The summed E-state index contributed by atoms with van der Waals surface area (Å²) in [5.74, 6) is -0.274. The minimum absolute atomic E-state index is 0.104. The van der Waals surface area contributed by atoms with Crippen LogP contribution in [0.4, 0.5) is 0 Å². The van der Waals surface area contributed by atoms with Crippen molar-refractivity contribution in [3.8, 4) is 0 Å². The summed E-state index contributed by atoms with van der Waals surface area (Å²) < 4.78 is 27.4. The lowest BCUT2D eigenvalue weighted by Gasteiger charge is -2.37. The molecule has 2 aromatic heterocycles. The lowest BCUT2D eigenvalue weighted by molar-refractivity contribution is -0.136. The van der Waals surface area contributed by atoms with Gasteiger partial charge in [0.05, 0.1) is 5.56 Å². The average Bonchev–Trinajstić information content (AvgIpc) is 3.46. The molecule has 0 radical (unpaired) electrons. The summed E-state index contributed by atoms with van der Waals surface area (Å²) in [5, 5.41) is 1.72. The Kier molecular flexibility index (Phi) is 5.66. The largest absolute Gasteiger partial charge is 0.338 e. The first-order valence-electron chi connectivity index (χ1n) is 9.52. The van der Waals surface area contributed by atoms with E-state index in [1.165, 1.54) is 10.5 Å². The SMILES string of the molecule is O=C(c1cccnc1)N1CCN(C(=O)C2CCCN2S(=O)(=O)c2cccs2)CC1. The smallest absolute Gasteiger partial charge is 0.255 e. The molecule has 2 aliphatic heterocycles. The van der Waals surface area contributed by atoms with E-state index in [2.05, 4.69) is 4.98 Å². The summed E-state index contributed by atoms with van der Waals surface area (Å²) in [6, 6.07) is 6.04. The van der Waals surface area contributed by atoms with Gasteiger partial charge in [0.2, 0.25) is 5.91 Å². The Bertz CT molecular complexity index is 971. The van der Waals surface area contributed by atoms with E-state index >= 15 is 0 Å². The summed E-state index contributed by atoms with van der Waals surface area (Å²) in [5.41, 5.74) is 0.524. The summed E-state index contributed by atoms with van der Waals surface area (Å²) in [6.45, 7) is 1.99. The van der Waals surface area contributed by atoms with E-state index in [1.54, 1.807) is 45.6 Å². The molecule has 0 spiro atoms. The lowest BCUT2D eigenvalue weighted by atomic mass is 10.1. The predicted octanol–water partition coefficient (Wildman–Crippen LogP) is 1.28. The maximum absolute atomic E-state index is 13.1. The molecule has 2 fully saturated rings. The van der Waals surface area contributed by atoms with Gasteiger partial charge < -0.3 is 9.80 Å². The van der Waals surface area contributed by atoms with Gasteiger partial charge in [-0.1, -0.05) is 6.07 Å². The van der Waals surface area contributed by atoms with E-state index in [-0.39, 0.29) is 16.0 Å². The van der Waals surface area contributed by atoms with Crippen LogP contribution in [0.25, 0.3) is 0 Å². The standard InChI is InChI=1S/C19H22N4O4S2/c24-18(15-4-1-7-20-14-15)21-9-11-22(12-10-21)19(25)16-5-2-8-23(16)29(26,27)17-6-3-13-28-17/h1,3-4,6-7,13-14,16H,2,5,8-12H2. The third-order valence-corrected chi connectivity index (χ3v) is 8.62. The molecule has 2 saturated heterocycles. The molecule has 0 aliphatic carbocycles. The van der Waals surface area contributed by atoms with Gasteiger partial charge in [-0.3, -0.25) is 14.6 Å². The number of thiophene rings is 1. The maximum Gasteiger partial charge on any atom is 0.255 e. The van der Waals surface area contributed by atoms with Crippen LogP contribution in [0, 0.1) is 0 Å². The topological polar surface area (TPSA) is 90.9 Å². The van der Waals surface area contributed by atoms with Crippen LogP contribution in [0.2, 0.25) is 0 Å². The highest BCUT2D eigenvalue weighted by Gasteiger charge is 2.42. The Labute approximate surface area is 173 Å². The molecule has 4 rings (SSSR count). The van der Waals surface area contributed by atoms with Crippen molar-refractivity contribution in [2.24, 2.45) is 0 Å². The zero-order valence-corrected chi connectivity index (χ0v) is 17.4. The second-order valence-corrected chi connectivity index (χ2v) is 10.1. The van der Waals surface area contributed by atoms with Gasteiger partial charge in [0, 0.05) is 45.1 Å². The van der Waals surface area contributed by atoms with Crippen molar-refractivity contribution in [3.63, 3.8) is 0 Å². The molecule has 4 heterocycles. The number of hydrogen-bond acceptors (Lipinski definition) is 6. The predicted molar refractivity (Wildman–Crippen MR) is 108 cm³/mol. The van der Waals surface area contributed by atoms with Crippen molar-refractivity contribution in [1.29, 1.82) is 0 Å². The summed E-state index contributed by atoms with van der Waals surface area (Å²) >= 11 is 1.16. The van der Waals surface area contributed by atoms with Crippen LogP contribution in [0.15, 0.2) is 46.2 Å². The Morgan fingerprint density at radius 1 is 1.03 bits per heavy atom. The van der Waals surface area contributed by atoms with E-state index in [4.69, 9.17) is 0 Å². The van der Waals surface area contributed by atoms with Gasteiger partial charge in [-0.25, -0.2) is 8.42 Å². The lowest BCUT2D eigenvalue weighted by Crippen LogP contribution is -2.55. The zero-order valence-electron chi connectivity index (χ0n) is 15.8. The molecule has 0 bridgehead atoms. The molecule has 1 unspecified atom stereocenters. The molecule has 10 heteroatoms. The van der Waals surface area contributed by atoms with Gasteiger partial charge in [0.1, 0.15) is 10.3 Å². The van der Waals surface area contributed by atoms with E-state index in [0.717, 1.165) is 11.3 Å². The van der Waals surface area contributed by atoms with Gasteiger partial charge in [-0.2, -0.15) is 4.31 Å². The Hall–Kier alpha value is -2.30. The van der Waals surface area contributed by atoms with Crippen LogP contribution in [-0.2, 0) is 14.8 Å². The van der Waals surface area contributed by atoms with Crippen LogP contribution >= 0.6 is 11.3 Å². The van der Waals surface area contributed by atoms with E-state index < -0.39 is 16.1 Å². The first-order valence-corrected chi connectivity index (χ1v) is 11.8. The number of hydrogen-bond donors (Lipinski definition) is 0. The maximum atomic E-state index is 13.1. The number of carbonyl (C=O) groups is 2. The third kappa shape index (κ3) is 3.92. The first kappa shape index (κ1) is 20.0. The van der Waals surface area contributed by atoms with Crippen LogP contribution in [-0.4, -0.2) is 78.1 Å². The minimum Gasteiger partial charge on any atom is -0.338 e. The fourth-order valence-corrected chi connectivity index (χ4v) is 6.58. The number of rotatable bonds is 4. The molecule has 0 saturated carbocycles. The normalized spacial score (nSPS) is 20.8. The molecule has 2 aliphatic rings. The number of nitrogens with zero attached hydrogens (tertiary/aromatic N) is 4. The van der Waals surface area contributed by atoms with Gasteiger partial charge in [0.15, 0.2) is 0 Å². The fourth-order valence-electron chi connectivity index (χ4n) is 3.81. The van der Waals surface area contributed by atoms with Gasteiger partial charge >= 0.3 is 0 Å². The molecule has 1 atom stereocenters. The summed E-state index contributed by atoms with van der Waals surface area (Å²) in [6.07, 6.45) is 4.34. The van der Waals surface area contributed by atoms with E-state index in [9.17, 15) is 18.0 Å². The fraction of sp³-hybridized carbons (Fsp3) is 0.421. The van der Waals surface area contributed by atoms with Crippen molar-refractivity contribution in [2.75, 3.05) is 32.7 Å². The van der Waals surface area contributed by atoms with Crippen LogP contribution < -0.4 is 0 Å². The first-order chi connectivity index (χ1) is 14.0. The van der Waals surface area contributed by atoms with Gasteiger partial charge in [-0.15, -0.1) is 11.3 Å². The molecular weight excluding hydrogens is 412 g/mol. The molecule has 2 amide bonds. The number of piperazine rings is 1. The zero-order chi connectivity index (χ0) is 20.4. The van der Waals surface area contributed by atoms with Crippen molar-refractivity contribution < 1.29 is 18.0 Å². The van der Waals surface area contributed by atoms with Crippen LogP contribution in [0.3, 0.4) is 0 Å². The molecule has 29 heavy (non-hydrogen) atoms. The highest BCUT2D eigenvalue weighted by molar-refractivity contribution is 7.91. The van der Waals surface area contributed by atoms with Crippen molar-refractivity contribution >= 4 is 33.2 Å². The number of pyridine rings is 1. The number of carbonyl (C=O) groups excluding carboxylic acids is 2. The van der Waals surface area contributed by atoms with Crippen molar-refractivity contribution in [1.82, 2.24) is 19.1 Å². The van der Waals surface area contributed by atoms with Crippen LogP contribution in [0.5, 0.6) is 0 Å². The minimum atomic E-state index is -3.66. The summed E-state index contributed by atoms with van der Waals surface area (Å²) in [4.78, 5) is 33.0. The van der Waals surface area contributed by atoms with Crippen molar-refractivity contribution in [2.45, 2.75) is 23.1 Å². The van der Waals surface area contributed by atoms with E-state index in [0.29, 0.717) is 51.1 Å². The van der Waals surface area contributed by atoms with Crippen molar-refractivity contribution in [3.05, 3.63) is 47.6 Å². The monoisotopic (exact) mass is 434 g/mol. The quantitative estimate of drug-likeness (QED) is 0.723. The van der Waals surface area contributed by atoms with Gasteiger partial charge in [0.25, 0.3) is 15.9 Å². The van der Waals surface area contributed by atoms with Gasteiger partial charge in [-0.05, 0) is 36.4 Å².